The van der Waals surface area contributed by atoms with Gasteiger partial charge in [-0.1, -0.05) is 12.8 Å². The summed E-state index contributed by atoms with van der Waals surface area (Å²) >= 11 is 3.28. The van der Waals surface area contributed by atoms with Crippen LogP contribution in [-0.2, 0) is 4.79 Å². The Bertz CT molecular complexity index is 548. The van der Waals surface area contributed by atoms with Crippen LogP contribution in [0.15, 0.2) is 22.7 Å². The quantitative estimate of drug-likeness (QED) is 0.724. The van der Waals surface area contributed by atoms with Crippen molar-refractivity contribution >= 4 is 33.5 Å². The third-order valence-electron chi connectivity index (χ3n) is 4.01. The topological polar surface area (TPSA) is 92.4 Å². The third kappa shape index (κ3) is 3.97. The van der Waals surface area contributed by atoms with Crippen molar-refractivity contribution < 1.29 is 14.7 Å². The van der Waals surface area contributed by atoms with Crippen molar-refractivity contribution in [2.45, 2.75) is 25.7 Å². The lowest BCUT2D eigenvalue weighted by molar-refractivity contribution is -0.144. The monoisotopic (exact) mass is 354 g/mol. The highest BCUT2D eigenvalue weighted by atomic mass is 79.9. The van der Waals surface area contributed by atoms with Gasteiger partial charge in [0.1, 0.15) is 0 Å². The molecule has 2 atom stereocenters. The fraction of sp³-hybridized carbons (Fsp3) is 0.467. The highest BCUT2D eigenvalue weighted by Gasteiger charge is 2.30. The molecule has 0 bridgehead atoms. The SMILES string of the molecule is Nc1cc(C(=O)NCC2CCCCC2C(=O)O)ccc1Br. The van der Waals surface area contributed by atoms with Gasteiger partial charge in [-0.3, -0.25) is 9.59 Å². The Balaban J connectivity index is 1.96. The summed E-state index contributed by atoms with van der Waals surface area (Å²) in [5, 5.41) is 12.1. The fourth-order valence-electron chi connectivity index (χ4n) is 2.79. The number of carbonyl (C=O) groups is 2. The summed E-state index contributed by atoms with van der Waals surface area (Å²) in [5.74, 6) is -1.33. The molecule has 1 aromatic carbocycles. The molecule has 1 fully saturated rings. The molecular formula is C15H19BrN2O3. The number of aliphatic carboxylic acids is 1. The highest BCUT2D eigenvalue weighted by Crippen LogP contribution is 2.29. The number of halogens is 1. The summed E-state index contributed by atoms with van der Waals surface area (Å²) in [7, 11) is 0. The lowest BCUT2D eigenvalue weighted by Gasteiger charge is -2.28. The van der Waals surface area contributed by atoms with Crippen molar-refractivity contribution in [1.29, 1.82) is 0 Å². The van der Waals surface area contributed by atoms with Gasteiger partial charge >= 0.3 is 5.97 Å². The number of benzene rings is 1. The maximum absolute atomic E-state index is 12.1. The predicted octanol–water partition coefficient (Wildman–Crippen LogP) is 2.65. The molecule has 114 valence electrons. The second kappa shape index (κ2) is 6.93. The number of nitrogens with two attached hydrogens (primary N) is 1. The molecule has 0 spiro atoms. The van der Waals surface area contributed by atoms with E-state index in [4.69, 9.17) is 5.73 Å². The molecule has 0 aliphatic heterocycles. The molecule has 6 heteroatoms. The van der Waals surface area contributed by atoms with Crippen LogP contribution >= 0.6 is 15.9 Å². The van der Waals surface area contributed by atoms with Crippen molar-refractivity contribution in [3.8, 4) is 0 Å². The molecule has 5 nitrogen and oxygen atoms in total. The smallest absolute Gasteiger partial charge is 0.306 e. The fourth-order valence-corrected chi connectivity index (χ4v) is 3.03. The minimum atomic E-state index is -0.762. The van der Waals surface area contributed by atoms with Crippen LogP contribution < -0.4 is 11.1 Å². The van der Waals surface area contributed by atoms with Crippen LogP contribution in [-0.4, -0.2) is 23.5 Å². The number of amides is 1. The number of carboxylic acid groups (broad SMARTS) is 1. The average molecular weight is 355 g/mol. The Kier molecular flexibility index (Phi) is 5.22. The first-order chi connectivity index (χ1) is 9.99. The zero-order chi connectivity index (χ0) is 15.4. The lowest BCUT2D eigenvalue weighted by atomic mass is 9.79. The maximum Gasteiger partial charge on any atom is 0.306 e. The van der Waals surface area contributed by atoms with E-state index < -0.39 is 5.97 Å². The van der Waals surface area contributed by atoms with Gasteiger partial charge in [-0.05, 0) is 52.9 Å². The predicted molar refractivity (Wildman–Crippen MR) is 84.0 cm³/mol. The zero-order valence-electron chi connectivity index (χ0n) is 11.6. The van der Waals surface area contributed by atoms with Crippen LogP contribution in [0.1, 0.15) is 36.0 Å². The van der Waals surface area contributed by atoms with E-state index in [0.717, 1.165) is 23.7 Å². The molecule has 0 radical (unpaired) electrons. The summed E-state index contributed by atoms with van der Waals surface area (Å²) in [6.07, 6.45) is 3.51. The Morgan fingerprint density at radius 2 is 2.05 bits per heavy atom. The largest absolute Gasteiger partial charge is 0.481 e. The molecule has 0 aromatic heterocycles. The molecule has 1 aromatic rings. The van der Waals surface area contributed by atoms with Gasteiger partial charge in [-0.2, -0.15) is 0 Å². The third-order valence-corrected chi connectivity index (χ3v) is 4.73. The summed E-state index contributed by atoms with van der Waals surface area (Å²) in [6.45, 7) is 0.395. The normalized spacial score (nSPS) is 21.8. The summed E-state index contributed by atoms with van der Waals surface area (Å²) in [5.41, 5.74) is 6.74. The Morgan fingerprint density at radius 3 is 2.71 bits per heavy atom. The average Bonchev–Trinajstić information content (AvgIpc) is 2.47. The summed E-state index contributed by atoms with van der Waals surface area (Å²) < 4.78 is 0.747. The van der Waals surface area contributed by atoms with Crippen molar-refractivity contribution in [2.24, 2.45) is 11.8 Å². The van der Waals surface area contributed by atoms with Crippen LogP contribution in [0.2, 0.25) is 0 Å². The molecular weight excluding hydrogens is 336 g/mol. The Labute approximate surface area is 132 Å². The molecule has 1 saturated carbocycles. The standard InChI is InChI=1S/C15H19BrN2O3/c16-12-6-5-9(7-13(12)17)14(19)18-8-10-3-1-2-4-11(10)15(20)21/h5-7,10-11H,1-4,8,17H2,(H,18,19)(H,20,21). The molecule has 0 saturated heterocycles. The van der Waals surface area contributed by atoms with E-state index in [0.29, 0.717) is 24.2 Å². The van der Waals surface area contributed by atoms with Crippen molar-refractivity contribution in [3.05, 3.63) is 28.2 Å². The number of hydrogen-bond acceptors (Lipinski definition) is 3. The van der Waals surface area contributed by atoms with Gasteiger partial charge in [0.15, 0.2) is 0 Å². The van der Waals surface area contributed by atoms with Gasteiger partial charge in [-0.25, -0.2) is 0 Å². The minimum absolute atomic E-state index is 0.00740. The molecule has 1 amide bonds. The highest BCUT2D eigenvalue weighted by molar-refractivity contribution is 9.10. The Morgan fingerprint density at radius 1 is 1.33 bits per heavy atom. The van der Waals surface area contributed by atoms with E-state index in [1.807, 2.05) is 0 Å². The van der Waals surface area contributed by atoms with Crippen LogP contribution in [0.3, 0.4) is 0 Å². The molecule has 2 rings (SSSR count). The van der Waals surface area contributed by atoms with Gasteiger partial charge in [-0.15, -0.1) is 0 Å². The molecule has 0 heterocycles. The van der Waals surface area contributed by atoms with E-state index >= 15 is 0 Å². The number of nitrogen functional groups attached to an aromatic ring is 1. The number of anilines is 1. The molecule has 21 heavy (non-hydrogen) atoms. The molecule has 1 aliphatic carbocycles. The van der Waals surface area contributed by atoms with E-state index in [2.05, 4.69) is 21.2 Å². The van der Waals surface area contributed by atoms with Crippen LogP contribution in [0, 0.1) is 11.8 Å². The number of nitrogens with one attached hydrogen (secondary N) is 1. The van der Waals surface area contributed by atoms with E-state index in [-0.39, 0.29) is 17.7 Å². The van der Waals surface area contributed by atoms with Gasteiger partial charge in [0.2, 0.25) is 0 Å². The Hall–Kier alpha value is -1.56. The molecule has 4 N–H and O–H groups in total. The first-order valence-electron chi connectivity index (χ1n) is 7.05. The van der Waals surface area contributed by atoms with Crippen LogP contribution in [0.5, 0.6) is 0 Å². The van der Waals surface area contributed by atoms with Gasteiger partial charge in [0.05, 0.1) is 5.92 Å². The zero-order valence-corrected chi connectivity index (χ0v) is 13.2. The number of rotatable bonds is 4. The van der Waals surface area contributed by atoms with Gasteiger partial charge < -0.3 is 16.2 Å². The van der Waals surface area contributed by atoms with Crippen molar-refractivity contribution in [1.82, 2.24) is 5.32 Å². The van der Waals surface area contributed by atoms with Crippen LogP contribution in [0.4, 0.5) is 5.69 Å². The molecule has 2 unspecified atom stereocenters. The maximum atomic E-state index is 12.1. The van der Waals surface area contributed by atoms with Crippen LogP contribution in [0.25, 0.3) is 0 Å². The summed E-state index contributed by atoms with van der Waals surface area (Å²) in [4.78, 5) is 23.3. The van der Waals surface area contributed by atoms with Crippen molar-refractivity contribution in [2.75, 3.05) is 12.3 Å². The van der Waals surface area contributed by atoms with E-state index in [1.54, 1.807) is 18.2 Å². The van der Waals surface area contributed by atoms with E-state index in [9.17, 15) is 14.7 Å². The molecule has 1 aliphatic rings. The first kappa shape index (κ1) is 15.8. The van der Waals surface area contributed by atoms with Gasteiger partial charge in [0, 0.05) is 22.3 Å². The lowest BCUT2D eigenvalue weighted by Crippen LogP contribution is -2.37. The second-order valence-corrected chi connectivity index (χ2v) is 6.29. The first-order valence-corrected chi connectivity index (χ1v) is 7.84. The number of carbonyl (C=O) groups excluding carboxylic acids is 1. The number of hydrogen-bond donors (Lipinski definition) is 3. The number of carboxylic acids is 1. The van der Waals surface area contributed by atoms with Gasteiger partial charge in [0.25, 0.3) is 5.91 Å². The summed E-state index contributed by atoms with van der Waals surface area (Å²) in [6, 6.07) is 5.02. The second-order valence-electron chi connectivity index (χ2n) is 5.44. The minimum Gasteiger partial charge on any atom is -0.481 e. The van der Waals surface area contributed by atoms with E-state index in [1.165, 1.54) is 0 Å². The van der Waals surface area contributed by atoms with Crippen molar-refractivity contribution in [3.63, 3.8) is 0 Å².